The first-order valence-electron chi connectivity index (χ1n) is 9.19. The molecule has 1 aromatic carbocycles. The molecule has 3 aromatic rings. The smallest absolute Gasteiger partial charge is 0.251 e. The van der Waals surface area contributed by atoms with Crippen LogP contribution >= 0.6 is 0 Å². The molecular weight excluding hydrogens is 357 g/mol. The molecule has 0 bridgehead atoms. The van der Waals surface area contributed by atoms with Gasteiger partial charge >= 0.3 is 0 Å². The molecule has 1 aliphatic heterocycles. The van der Waals surface area contributed by atoms with Crippen LogP contribution in [0.3, 0.4) is 0 Å². The monoisotopic (exact) mass is 377 g/mol. The normalized spacial score (nSPS) is 15.0. The fourth-order valence-electron chi connectivity index (χ4n) is 3.55. The van der Waals surface area contributed by atoms with Crippen molar-refractivity contribution in [2.24, 2.45) is 0 Å². The highest BCUT2D eigenvalue weighted by Gasteiger charge is 2.19. The summed E-state index contributed by atoms with van der Waals surface area (Å²) in [6.45, 7) is 5.57. The first-order valence-corrected chi connectivity index (χ1v) is 9.19. The Hall–Kier alpha value is -3.24. The fraction of sp³-hybridized carbons (Fsp3) is 0.286. The van der Waals surface area contributed by atoms with Crippen molar-refractivity contribution in [1.82, 2.24) is 14.9 Å². The summed E-state index contributed by atoms with van der Waals surface area (Å²) in [5, 5.41) is 9.31. The van der Waals surface area contributed by atoms with Gasteiger partial charge in [0.15, 0.2) is 0 Å². The molecule has 1 aliphatic rings. The summed E-state index contributed by atoms with van der Waals surface area (Å²) in [7, 11) is 0. The second-order valence-corrected chi connectivity index (χ2v) is 7.10. The molecule has 0 atom stereocenters. The summed E-state index contributed by atoms with van der Waals surface area (Å²) in [4.78, 5) is 23.4. The van der Waals surface area contributed by atoms with Gasteiger partial charge in [-0.05, 0) is 42.8 Å². The van der Waals surface area contributed by atoms with Crippen molar-refractivity contribution in [3.05, 3.63) is 69.4 Å². The number of anilines is 1. The van der Waals surface area contributed by atoms with Gasteiger partial charge in [0.05, 0.1) is 11.1 Å². The van der Waals surface area contributed by atoms with Gasteiger partial charge in [-0.3, -0.25) is 9.69 Å². The van der Waals surface area contributed by atoms with Gasteiger partial charge in [-0.2, -0.15) is 5.26 Å². The Bertz CT molecular complexity index is 1110. The van der Waals surface area contributed by atoms with E-state index in [9.17, 15) is 9.18 Å². The molecule has 28 heavy (non-hydrogen) atoms. The summed E-state index contributed by atoms with van der Waals surface area (Å²) in [6, 6.07) is 10.7. The average Bonchev–Trinajstić information content (AvgIpc) is 2.70. The Morgan fingerprint density at radius 2 is 2.00 bits per heavy atom. The number of pyridine rings is 2. The van der Waals surface area contributed by atoms with Crippen LogP contribution in [0.5, 0.6) is 0 Å². The number of aromatic nitrogens is 2. The van der Waals surface area contributed by atoms with E-state index < -0.39 is 0 Å². The number of rotatable bonds is 3. The van der Waals surface area contributed by atoms with E-state index in [1.165, 1.54) is 0 Å². The lowest BCUT2D eigenvalue weighted by atomic mass is 10.1. The summed E-state index contributed by atoms with van der Waals surface area (Å²) in [5.41, 5.74) is 2.24. The topological polar surface area (TPSA) is 76.0 Å². The molecule has 7 heteroatoms. The predicted molar refractivity (Wildman–Crippen MR) is 106 cm³/mol. The quantitative estimate of drug-likeness (QED) is 0.759. The number of benzene rings is 1. The van der Waals surface area contributed by atoms with Crippen molar-refractivity contribution in [3.63, 3.8) is 0 Å². The highest BCUT2D eigenvalue weighted by molar-refractivity contribution is 5.80. The molecule has 3 heterocycles. The van der Waals surface area contributed by atoms with Crippen molar-refractivity contribution in [2.45, 2.75) is 13.5 Å². The molecule has 6 nitrogen and oxygen atoms in total. The van der Waals surface area contributed by atoms with E-state index in [0.717, 1.165) is 37.6 Å². The minimum atomic E-state index is -0.313. The molecule has 0 saturated carbocycles. The predicted octanol–water partition coefficient (Wildman–Crippen LogP) is 2.56. The number of fused-ring (bicyclic) bond motifs is 1. The van der Waals surface area contributed by atoms with E-state index in [-0.39, 0.29) is 11.4 Å². The number of hydrogen-bond donors (Lipinski definition) is 1. The molecule has 0 unspecified atom stereocenters. The average molecular weight is 377 g/mol. The fourth-order valence-corrected chi connectivity index (χ4v) is 3.55. The van der Waals surface area contributed by atoms with E-state index in [1.54, 1.807) is 31.3 Å². The van der Waals surface area contributed by atoms with Gasteiger partial charge in [0.1, 0.15) is 17.7 Å². The Kier molecular flexibility index (Phi) is 4.80. The number of hydrogen-bond acceptors (Lipinski definition) is 5. The van der Waals surface area contributed by atoms with Crippen LogP contribution in [0.2, 0.25) is 0 Å². The third-order valence-corrected chi connectivity index (χ3v) is 5.14. The summed E-state index contributed by atoms with van der Waals surface area (Å²) < 4.78 is 14.5. The first kappa shape index (κ1) is 18.1. The number of nitrogens with one attached hydrogen (secondary N) is 1. The number of nitriles is 1. The van der Waals surface area contributed by atoms with E-state index in [2.05, 4.69) is 25.8 Å². The van der Waals surface area contributed by atoms with Gasteiger partial charge in [0, 0.05) is 49.9 Å². The van der Waals surface area contributed by atoms with E-state index in [4.69, 9.17) is 5.26 Å². The van der Waals surface area contributed by atoms with Crippen molar-refractivity contribution in [2.75, 3.05) is 31.1 Å². The van der Waals surface area contributed by atoms with E-state index >= 15 is 0 Å². The Morgan fingerprint density at radius 3 is 2.68 bits per heavy atom. The number of aromatic amines is 1. The molecule has 0 radical (unpaired) electrons. The third-order valence-electron chi connectivity index (χ3n) is 5.14. The van der Waals surface area contributed by atoms with E-state index in [1.807, 2.05) is 12.1 Å². The Morgan fingerprint density at radius 1 is 1.21 bits per heavy atom. The molecule has 2 aromatic heterocycles. The number of halogens is 1. The van der Waals surface area contributed by atoms with Gasteiger partial charge in [-0.1, -0.05) is 0 Å². The summed E-state index contributed by atoms with van der Waals surface area (Å²) in [5.74, 6) is 0.551. The minimum Gasteiger partial charge on any atom is -0.354 e. The standard InChI is InChI=1S/C21H20FN5O/c1-14-8-17-18(22)9-16(10-19(17)25-21(14)28)13-26-4-6-27(7-5-26)20-3-2-15(11-23)12-24-20/h2-3,8-10,12H,4-7,13H2,1H3,(H,25,28). The lowest BCUT2D eigenvalue weighted by Crippen LogP contribution is -2.46. The van der Waals surface area contributed by atoms with Gasteiger partial charge in [0.2, 0.25) is 0 Å². The van der Waals surface area contributed by atoms with Gasteiger partial charge in [-0.25, -0.2) is 9.37 Å². The third kappa shape index (κ3) is 3.59. The molecular formula is C21H20FN5O. The Labute approximate surface area is 161 Å². The van der Waals surface area contributed by atoms with Crippen molar-refractivity contribution >= 4 is 16.7 Å². The van der Waals surface area contributed by atoms with Gasteiger partial charge in [-0.15, -0.1) is 0 Å². The van der Waals surface area contributed by atoms with Gasteiger partial charge < -0.3 is 9.88 Å². The number of piperazine rings is 1. The maximum Gasteiger partial charge on any atom is 0.251 e. The van der Waals surface area contributed by atoms with Crippen molar-refractivity contribution in [3.8, 4) is 6.07 Å². The zero-order chi connectivity index (χ0) is 19.7. The molecule has 1 saturated heterocycles. The summed E-state index contributed by atoms with van der Waals surface area (Å²) >= 11 is 0. The molecule has 4 rings (SSSR count). The highest BCUT2D eigenvalue weighted by atomic mass is 19.1. The highest BCUT2D eigenvalue weighted by Crippen LogP contribution is 2.20. The number of nitrogens with zero attached hydrogens (tertiary/aromatic N) is 4. The van der Waals surface area contributed by atoms with E-state index in [0.29, 0.717) is 28.6 Å². The van der Waals surface area contributed by atoms with Gasteiger partial charge in [0.25, 0.3) is 5.56 Å². The molecule has 142 valence electrons. The lowest BCUT2D eigenvalue weighted by Gasteiger charge is -2.35. The maximum absolute atomic E-state index is 14.5. The van der Waals surface area contributed by atoms with Crippen LogP contribution in [0.4, 0.5) is 10.2 Å². The zero-order valence-electron chi connectivity index (χ0n) is 15.6. The van der Waals surface area contributed by atoms with Crippen LogP contribution in [0, 0.1) is 24.1 Å². The number of aryl methyl sites for hydroxylation is 1. The maximum atomic E-state index is 14.5. The molecule has 0 spiro atoms. The van der Waals surface area contributed by atoms with Crippen molar-refractivity contribution in [1.29, 1.82) is 5.26 Å². The SMILES string of the molecule is Cc1cc2c(F)cc(CN3CCN(c4ccc(C#N)cn4)CC3)cc2[nH]c1=O. The number of H-pyrrole nitrogens is 1. The van der Waals surface area contributed by atoms with Crippen LogP contribution < -0.4 is 10.5 Å². The van der Waals surface area contributed by atoms with Crippen LogP contribution in [-0.4, -0.2) is 41.0 Å². The minimum absolute atomic E-state index is 0.187. The van der Waals surface area contributed by atoms with Crippen molar-refractivity contribution < 1.29 is 4.39 Å². The second-order valence-electron chi connectivity index (χ2n) is 7.10. The molecule has 1 fully saturated rings. The largest absolute Gasteiger partial charge is 0.354 e. The first-order chi connectivity index (χ1) is 13.5. The summed E-state index contributed by atoms with van der Waals surface area (Å²) in [6.07, 6.45) is 1.59. The van der Waals surface area contributed by atoms with Crippen LogP contribution in [0.15, 0.2) is 41.3 Å². The second kappa shape index (κ2) is 7.41. The van der Waals surface area contributed by atoms with Crippen LogP contribution in [0.1, 0.15) is 16.7 Å². The zero-order valence-corrected chi connectivity index (χ0v) is 15.6. The molecule has 0 aliphatic carbocycles. The lowest BCUT2D eigenvalue weighted by molar-refractivity contribution is 0.249. The molecule has 0 amide bonds. The molecule has 1 N–H and O–H groups in total. The van der Waals surface area contributed by atoms with Crippen LogP contribution in [0.25, 0.3) is 10.9 Å². The van der Waals surface area contributed by atoms with Crippen LogP contribution in [-0.2, 0) is 6.54 Å². The Balaban J connectivity index is 1.45.